The molecule has 150 valence electrons. The minimum atomic E-state index is -0.0993. The molecule has 1 aliphatic carbocycles. The zero-order valence-corrected chi connectivity index (χ0v) is 16.6. The van der Waals surface area contributed by atoms with Crippen LogP contribution in [0.15, 0.2) is 51.9 Å². The summed E-state index contributed by atoms with van der Waals surface area (Å²) in [6.45, 7) is 3.63. The van der Waals surface area contributed by atoms with Crippen LogP contribution in [-0.4, -0.2) is 26.7 Å². The highest BCUT2D eigenvalue weighted by Crippen LogP contribution is 2.28. The highest BCUT2D eigenvalue weighted by Gasteiger charge is 2.26. The molecule has 7 heteroatoms. The Morgan fingerprint density at radius 2 is 1.83 bits per heavy atom. The Balaban J connectivity index is 1.43. The normalized spacial score (nSPS) is 19.1. The molecule has 3 heterocycles. The molecule has 3 aromatic rings. The number of rotatable bonds is 4. The van der Waals surface area contributed by atoms with Gasteiger partial charge in [0.05, 0.1) is 17.3 Å². The smallest absolute Gasteiger partial charge is 0.267 e. The first kappa shape index (κ1) is 19.1. The van der Waals surface area contributed by atoms with E-state index in [1.165, 1.54) is 0 Å². The molecule has 0 atom stereocenters. The molecule has 7 nitrogen and oxygen atoms in total. The van der Waals surface area contributed by atoms with Crippen LogP contribution >= 0.6 is 0 Å². The molecule has 29 heavy (non-hydrogen) atoms. The van der Waals surface area contributed by atoms with E-state index >= 15 is 0 Å². The lowest BCUT2D eigenvalue weighted by molar-refractivity contribution is 0.0920. The van der Waals surface area contributed by atoms with Crippen LogP contribution in [0.5, 0.6) is 0 Å². The number of nitrogens with zero attached hydrogens (tertiary/aromatic N) is 3. The van der Waals surface area contributed by atoms with Gasteiger partial charge < -0.3 is 9.73 Å². The van der Waals surface area contributed by atoms with Crippen LogP contribution in [0, 0.1) is 13.8 Å². The molecule has 0 aliphatic heterocycles. The molecule has 0 radical (unpaired) electrons. The molecular weight excluding hydrogens is 368 g/mol. The first-order valence-electron chi connectivity index (χ1n) is 9.89. The van der Waals surface area contributed by atoms with Crippen molar-refractivity contribution < 1.29 is 9.21 Å². The fraction of sp³-hybridized carbons (Fsp3) is 0.364. The molecule has 3 aromatic heterocycles. The van der Waals surface area contributed by atoms with E-state index in [4.69, 9.17) is 4.42 Å². The molecule has 0 unspecified atom stereocenters. The number of carbonyl (C=O) groups is 1. The Hall–Kier alpha value is -3.22. The van der Waals surface area contributed by atoms with Gasteiger partial charge in [-0.2, -0.15) is 5.10 Å². The van der Waals surface area contributed by atoms with Crippen molar-refractivity contribution in [1.29, 1.82) is 0 Å². The Bertz CT molecular complexity index is 1060. The number of hydrogen-bond donors (Lipinski definition) is 1. The largest absolute Gasteiger partial charge is 0.466 e. The third-order valence-corrected chi connectivity index (χ3v) is 5.46. The average Bonchev–Trinajstić information content (AvgIpc) is 3.08. The van der Waals surface area contributed by atoms with Gasteiger partial charge in [0.1, 0.15) is 11.5 Å². The maximum absolute atomic E-state index is 12.5. The van der Waals surface area contributed by atoms with Gasteiger partial charge in [-0.1, -0.05) is 0 Å². The van der Waals surface area contributed by atoms with Crippen LogP contribution in [0.4, 0.5) is 0 Å². The molecule has 1 saturated carbocycles. The van der Waals surface area contributed by atoms with Gasteiger partial charge in [0.2, 0.25) is 0 Å². The summed E-state index contributed by atoms with van der Waals surface area (Å²) in [5, 5.41) is 7.69. The van der Waals surface area contributed by atoms with Crippen LogP contribution in [0.2, 0.25) is 0 Å². The van der Waals surface area contributed by atoms with E-state index in [0.717, 1.165) is 42.7 Å². The van der Waals surface area contributed by atoms with E-state index in [1.807, 2.05) is 19.1 Å². The Morgan fingerprint density at radius 3 is 2.48 bits per heavy atom. The van der Waals surface area contributed by atoms with Crippen LogP contribution < -0.4 is 10.9 Å². The SMILES string of the molecule is Cc1cc(C(=O)NC2CCC(n3nc(-c4ccncc4)ccc3=O)CC2)c(C)o1. The Kier molecular flexibility index (Phi) is 5.29. The van der Waals surface area contributed by atoms with Crippen molar-refractivity contribution in [3.05, 3.63) is 70.2 Å². The van der Waals surface area contributed by atoms with Crippen molar-refractivity contribution in [3.8, 4) is 11.3 Å². The topological polar surface area (TPSA) is 90.0 Å². The maximum atomic E-state index is 12.5. The summed E-state index contributed by atoms with van der Waals surface area (Å²) in [6.07, 6.45) is 6.62. The highest BCUT2D eigenvalue weighted by molar-refractivity contribution is 5.95. The van der Waals surface area contributed by atoms with E-state index in [0.29, 0.717) is 11.3 Å². The predicted molar refractivity (Wildman–Crippen MR) is 109 cm³/mol. The maximum Gasteiger partial charge on any atom is 0.267 e. The minimum Gasteiger partial charge on any atom is -0.466 e. The number of hydrogen-bond acceptors (Lipinski definition) is 5. The lowest BCUT2D eigenvalue weighted by Gasteiger charge is -2.29. The number of amides is 1. The van der Waals surface area contributed by atoms with Crippen LogP contribution in [0.3, 0.4) is 0 Å². The molecule has 0 bridgehead atoms. The fourth-order valence-corrected chi connectivity index (χ4v) is 3.95. The van der Waals surface area contributed by atoms with E-state index in [-0.39, 0.29) is 23.6 Å². The lowest BCUT2D eigenvalue weighted by Crippen LogP contribution is -2.39. The Morgan fingerprint density at radius 1 is 1.10 bits per heavy atom. The number of nitrogens with one attached hydrogen (secondary N) is 1. The highest BCUT2D eigenvalue weighted by atomic mass is 16.3. The summed E-state index contributed by atoms with van der Waals surface area (Å²) in [7, 11) is 0. The molecule has 0 saturated heterocycles. The van der Waals surface area contributed by atoms with Crippen LogP contribution in [0.1, 0.15) is 53.6 Å². The van der Waals surface area contributed by atoms with E-state index in [1.54, 1.807) is 42.2 Å². The summed E-state index contributed by atoms with van der Waals surface area (Å²) >= 11 is 0. The van der Waals surface area contributed by atoms with E-state index < -0.39 is 0 Å². The number of furan rings is 1. The second-order valence-electron chi connectivity index (χ2n) is 7.54. The van der Waals surface area contributed by atoms with Crippen molar-refractivity contribution in [3.63, 3.8) is 0 Å². The van der Waals surface area contributed by atoms with Gasteiger partial charge in [0.25, 0.3) is 11.5 Å². The molecule has 1 N–H and O–H groups in total. The first-order valence-corrected chi connectivity index (χ1v) is 9.89. The summed E-state index contributed by atoms with van der Waals surface area (Å²) < 4.78 is 7.04. The number of aryl methyl sites for hydroxylation is 2. The van der Waals surface area contributed by atoms with Crippen molar-refractivity contribution in [2.75, 3.05) is 0 Å². The second-order valence-corrected chi connectivity index (χ2v) is 7.54. The van der Waals surface area contributed by atoms with Gasteiger partial charge in [0.15, 0.2) is 0 Å². The molecule has 4 rings (SSSR count). The molecular formula is C22H24N4O3. The van der Waals surface area contributed by atoms with Crippen molar-refractivity contribution in [2.24, 2.45) is 0 Å². The minimum absolute atomic E-state index is 0.0374. The van der Waals surface area contributed by atoms with Gasteiger partial charge in [-0.3, -0.25) is 14.6 Å². The van der Waals surface area contributed by atoms with Crippen LogP contribution in [-0.2, 0) is 0 Å². The summed E-state index contributed by atoms with van der Waals surface area (Å²) in [6, 6.07) is 8.97. The Labute approximate surface area is 168 Å². The zero-order chi connectivity index (χ0) is 20.4. The van der Waals surface area contributed by atoms with Gasteiger partial charge in [-0.05, 0) is 63.8 Å². The standard InChI is InChI=1S/C22H24N4O3/c1-14-13-19(15(2)29-14)22(28)24-17-3-5-18(6-4-17)26-21(27)8-7-20(25-26)16-9-11-23-12-10-16/h7-13,17-18H,3-6H2,1-2H3,(H,24,28). The van der Waals surface area contributed by atoms with Gasteiger partial charge in [0, 0.05) is 30.1 Å². The zero-order valence-electron chi connectivity index (χ0n) is 16.6. The third-order valence-electron chi connectivity index (χ3n) is 5.46. The molecule has 0 spiro atoms. The van der Waals surface area contributed by atoms with Gasteiger partial charge >= 0.3 is 0 Å². The number of pyridine rings is 1. The second kappa shape index (κ2) is 8.03. The van der Waals surface area contributed by atoms with Crippen molar-refractivity contribution >= 4 is 5.91 Å². The summed E-state index contributed by atoms with van der Waals surface area (Å²) in [5.74, 6) is 1.27. The van der Waals surface area contributed by atoms with Crippen molar-refractivity contribution in [1.82, 2.24) is 20.1 Å². The molecule has 0 aromatic carbocycles. The quantitative estimate of drug-likeness (QED) is 0.735. The number of aromatic nitrogens is 3. The van der Waals surface area contributed by atoms with E-state index in [2.05, 4.69) is 15.4 Å². The predicted octanol–water partition coefficient (Wildman–Crippen LogP) is 3.43. The lowest BCUT2D eigenvalue weighted by atomic mass is 9.91. The first-order chi connectivity index (χ1) is 14.0. The third kappa shape index (κ3) is 4.13. The van der Waals surface area contributed by atoms with Gasteiger partial charge in [-0.25, -0.2) is 4.68 Å². The van der Waals surface area contributed by atoms with Crippen LogP contribution in [0.25, 0.3) is 11.3 Å². The molecule has 1 amide bonds. The molecule has 1 fully saturated rings. The van der Waals surface area contributed by atoms with E-state index in [9.17, 15) is 9.59 Å². The number of carbonyl (C=O) groups excluding carboxylic acids is 1. The van der Waals surface area contributed by atoms with Crippen molar-refractivity contribution in [2.45, 2.75) is 51.6 Å². The fourth-order valence-electron chi connectivity index (χ4n) is 3.95. The monoisotopic (exact) mass is 392 g/mol. The van der Waals surface area contributed by atoms with Gasteiger partial charge in [-0.15, -0.1) is 0 Å². The summed E-state index contributed by atoms with van der Waals surface area (Å²) in [5.41, 5.74) is 2.18. The average molecular weight is 392 g/mol. The molecule has 1 aliphatic rings. The summed E-state index contributed by atoms with van der Waals surface area (Å²) in [4.78, 5) is 28.9.